The van der Waals surface area contributed by atoms with Crippen molar-refractivity contribution >= 4 is 5.91 Å². The van der Waals surface area contributed by atoms with E-state index in [9.17, 15) is 4.79 Å². The minimum atomic E-state index is 0.175. The van der Waals surface area contributed by atoms with E-state index in [0.717, 1.165) is 19.4 Å². The van der Waals surface area contributed by atoms with Crippen LogP contribution in [0, 0.1) is 5.92 Å². The number of carbonyl (C=O) groups excluding carboxylic acids is 1. The molecule has 2 atom stereocenters. The molecule has 0 aromatic heterocycles. The molecule has 0 bridgehead atoms. The zero-order valence-corrected chi connectivity index (χ0v) is 9.92. The molecule has 0 aromatic rings. The molecule has 0 aromatic carbocycles. The van der Waals surface area contributed by atoms with E-state index < -0.39 is 0 Å². The molecule has 0 aliphatic rings. The average Bonchev–Trinajstić information content (AvgIpc) is 2.13. The molecular formula is C11H24N2O. The molecule has 0 aliphatic carbocycles. The Morgan fingerprint density at radius 1 is 1.43 bits per heavy atom. The molecule has 0 saturated heterocycles. The minimum Gasteiger partial charge on any atom is -0.346 e. The molecule has 14 heavy (non-hydrogen) atoms. The largest absolute Gasteiger partial charge is 0.346 e. The van der Waals surface area contributed by atoms with Gasteiger partial charge in [-0.25, -0.2) is 0 Å². The molecule has 3 heteroatoms. The highest BCUT2D eigenvalue weighted by atomic mass is 16.2. The highest BCUT2D eigenvalue weighted by molar-refractivity contribution is 5.76. The van der Waals surface area contributed by atoms with Crippen molar-refractivity contribution in [3.63, 3.8) is 0 Å². The van der Waals surface area contributed by atoms with Gasteiger partial charge in [-0.2, -0.15) is 0 Å². The van der Waals surface area contributed by atoms with Crippen LogP contribution in [0.25, 0.3) is 0 Å². The summed E-state index contributed by atoms with van der Waals surface area (Å²) >= 11 is 0. The maximum absolute atomic E-state index is 11.6. The maximum Gasteiger partial charge on any atom is 0.222 e. The first kappa shape index (κ1) is 13.4. The van der Waals surface area contributed by atoms with Crippen molar-refractivity contribution in [3.8, 4) is 0 Å². The van der Waals surface area contributed by atoms with Gasteiger partial charge in [0, 0.05) is 26.1 Å². The molecular weight excluding hydrogens is 176 g/mol. The minimum absolute atomic E-state index is 0.175. The number of nitrogens with two attached hydrogens (primary N) is 1. The van der Waals surface area contributed by atoms with Gasteiger partial charge in [0.1, 0.15) is 0 Å². The lowest BCUT2D eigenvalue weighted by molar-refractivity contribution is -0.130. The van der Waals surface area contributed by atoms with E-state index in [1.807, 2.05) is 14.0 Å². The van der Waals surface area contributed by atoms with Gasteiger partial charge in [-0.1, -0.05) is 20.3 Å². The molecule has 0 aliphatic heterocycles. The molecule has 3 nitrogen and oxygen atoms in total. The van der Waals surface area contributed by atoms with Crippen LogP contribution in [0.2, 0.25) is 0 Å². The molecule has 0 radical (unpaired) electrons. The Morgan fingerprint density at radius 2 is 2.00 bits per heavy atom. The lowest BCUT2D eigenvalue weighted by Gasteiger charge is -2.19. The second kappa shape index (κ2) is 6.82. The van der Waals surface area contributed by atoms with Crippen LogP contribution in [0.15, 0.2) is 0 Å². The van der Waals surface area contributed by atoms with Gasteiger partial charge in [-0.3, -0.25) is 4.79 Å². The van der Waals surface area contributed by atoms with Gasteiger partial charge >= 0.3 is 0 Å². The lowest BCUT2D eigenvalue weighted by Crippen LogP contribution is -2.32. The third kappa shape index (κ3) is 5.97. The van der Waals surface area contributed by atoms with Crippen LogP contribution in [0.1, 0.15) is 40.0 Å². The van der Waals surface area contributed by atoms with E-state index in [1.54, 1.807) is 4.90 Å². The highest BCUT2D eigenvalue weighted by Gasteiger charge is 2.12. The molecule has 84 valence electrons. The van der Waals surface area contributed by atoms with Crippen LogP contribution in [-0.4, -0.2) is 30.4 Å². The summed E-state index contributed by atoms with van der Waals surface area (Å²) in [6.45, 7) is 6.96. The van der Waals surface area contributed by atoms with Crippen molar-refractivity contribution < 1.29 is 4.79 Å². The fraction of sp³-hybridized carbons (Fsp3) is 0.909. The number of rotatable bonds is 6. The van der Waals surface area contributed by atoms with E-state index in [4.69, 9.17) is 5.73 Å². The Kier molecular flexibility index (Phi) is 6.54. The van der Waals surface area contributed by atoms with Crippen molar-refractivity contribution in [2.45, 2.75) is 46.1 Å². The van der Waals surface area contributed by atoms with Crippen molar-refractivity contribution in [2.75, 3.05) is 13.6 Å². The Bertz CT molecular complexity index is 169. The quantitative estimate of drug-likeness (QED) is 0.708. The summed E-state index contributed by atoms with van der Waals surface area (Å²) in [5, 5.41) is 0. The summed E-state index contributed by atoms with van der Waals surface area (Å²) in [6.07, 6.45) is 2.60. The second-order valence-corrected chi connectivity index (χ2v) is 4.30. The first-order valence-electron chi connectivity index (χ1n) is 5.46. The summed E-state index contributed by atoms with van der Waals surface area (Å²) in [7, 11) is 1.85. The molecule has 0 saturated carbocycles. The summed E-state index contributed by atoms with van der Waals surface area (Å²) in [4.78, 5) is 13.4. The van der Waals surface area contributed by atoms with Gasteiger partial charge in [0.05, 0.1) is 0 Å². The van der Waals surface area contributed by atoms with Crippen molar-refractivity contribution in [1.82, 2.24) is 4.90 Å². The fourth-order valence-corrected chi connectivity index (χ4v) is 1.12. The van der Waals surface area contributed by atoms with E-state index >= 15 is 0 Å². The van der Waals surface area contributed by atoms with Crippen LogP contribution in [-0.2, 0) is 4.79 Å². The monoisotopic (exact) mass is 200 g/mol. The summed E-state index contributed by atoms with van der Waals surface area (Å²) in [5.74, 6) is 0.722. The number of hydrogen-bond donors (Lipinski definition) is 1. The molecule has 0 fully saturated rings. The predicted molar refractivity (Wildman–Crippen MR) is 60.0 cm³/mol. The van der Waals surface area contributed by atoms with E-state index in [-0.39, 0.29) is 11.9 Å². The third-order valence-electron chi connectivity index (χ3n) is 2.57. The fourth-order valence-electron chi connectivity index (χ4n) is 1.12. The van der Waals surface area contributed by atoms with Gasteiger partial charge in [0.15, 0.2) is 0 Å². The lowest BCUT2D eigenvalue weighted by atomic mass is 10.0. The van der Waals surface area contributed by atoms with Crippen LogP contribution < -0.4 is 5.73 Å². The van der Waals surface area contributed by atoms with Crippen molar-refractivity contribution in [1.29, 1.82) is 0 Å². The van der Waals surface area contributed by atoms with Crippen molar-refractivity contribution in [3.05, 3.63) is 0 Å². The number of hydrogen-bond acceptors (Lipinski definition) is 2. The Labute approximate surface area is 87.6 Å². The van der Waals surface area contributed by atoms with Crippen LogP contribution in [0.5, 0.6) is 0 Å². The molecule has 0 heterocycles. The maximum atomic E-state index is 11.6. The van der Waals surface area contributed by atoms with Crippen molar-refractivity contribution in [2.24, 2.45) is 11.7 Å². The molecule has 2 N–H and O–H groups in total. The number of nitrogens with zero attached hydrogens (tertiary/aromatic N) is 1. The molecule has 2 unspecified atom stereocenters. The number of amides is 1. The first-order chi connectivity index (χ1) is 6.47. The standard InChI is InChI=1S/C11H24N2O/c1-5-9(2)8-11(14)13(4)7-6-10(3)12/h9-10H,5-8,12H2,1-4H3. The van der Waals surface area contributed by atoms with Crippen LogP contribution in [0.4, 0.5) is 0 Å². The Morgan fingerprint density at radius 3 is 2.43 bits per heavy atom. The normalized spacial score (nSPS) is 14.9. The van der Waals surface area contributed by atoms with E-state index in [1.165, 1.54) is 0 Å². The molecule has 0 spiro atoms. The Balaban J connectivity index is 3.76. The summed E-state index contributed by atoms with van der Waals surface area (Å²) in [5.41, 5.74) is 5.63. The third-order valence-corrected chi connectivity index (χ3v) is 2.57. The highest BCUT2D eigenvalue weighted by Crippen LogP contribution is 2.08. The van der Waals surface area contributed by atoms with E-state index in [2.05, 4.69) is 13.8 Å². The molecule has 0 rings (SSSR count). The van der Waals surface area contributed by atoms with Crippen LogP contribution >= 0.6 is 0 Å². The first-order valence-corrected chi connectivity index (χ1v) is 5.46. The predicted octanol–water partition coefficient (Wildman–Crippen LogP) is 1.62. The smallest absolute Gasteiger partial charge is 0.222 e. The van der Waals surface area contributed by atoms with Gasteiger partial charge in [-0.15, -0.1) is 0 Å². The van der Waals surface area contributed by atoms with Gasteiger partial charge in [0.25, 0.3) is 0 Å². The summed E-state index contributed by atoms with van der Waals surface area (Å²) in [6, 6.07) is 0.175. The van der Waals surface area contributed by atoms with Gasteiger partial charge in [0.2, 0.25) is 5.91 Å². The summed E-state index contributed by atoms with van der Waals surface area (Å²) < 4.78 is 0. The van der Waals surface area contributed by atoms with Gasteiger partial charge < -0.3 is 10.6 Å². The van der Waals surface area contributed by atoms with E-state index in [0.29, 0.717) is 12.3 Å². The zero-order chi connectivity index (χ0) is 11.1. The molecule has 1 amide bonds. The second-order valence-electron chi connectivity index (χ2n) is 4.30. The zero-order valence-electron chi connectivity index (χ0n) is 9.92. The number of carbonyl (C=O) groups is 1. The SMILES string of the molecule is CCC(C)CC(=O)N(C)CCC(C)N. The van der Waals surface area contributed by atoms with Gasteiger partial charge in [-0.05, 0) is 19.3 Å². The Hall–Kier alpha value is -0.570. The van der Waals surface area contributed by atoms with Crippen LogP contribution in [0.3, 0.4) is 0 Å². The average molecular weight is 200 g/mol. The topological polar surface area (TPSA) is 46.3 Å².